The van der Waals surface area contributed by atoms with Crippen molar-refractivity contribution in [3.63, 3.8) is 0 Å². The largest absolute Gasteiger partial charge is 0.216 e. The molecule has 0 aromatic rings. The second-order valence-electron chi connectivity index (χ2n) is 5.34. The molecule has 6 nitrogen and oxygen atoms in total. The lowest BCUT2D eigenvalue weighted by Crippen LogP contribution is -2.42. The quantitative estimate of drug-likeness (QED) is 0.756. The van der Waals surface area contributed by atoms with Crippen LogP contribution in [0.25, 0.3) is 0 Å². The van der Waals surface area contributed by atoms with Crippen LogP contribution in [0.15, 0.2) is 0 Å². The van der Waals surface area contributed by atoms with E-state index in [1.54, 1.807) is 11.2 Å². The minimum absolute atomic E-state index is 0.0852. The maximum Gasteiger partial charge on any atom is 0.216 e. The maximum absolute atomic E-state index is 12.0. The lowest BCUT2D eigenvalue weighted by atomic mass is 9.99. The molecule has 1 saturated carbocycles. The zero-order valence-corrected chi connectivity index (χ0v) is 12.8. The fourth-order valence-corrected chi connectivity index (χ4v) is 4.86. The van der Waals surface area contributed by atoms with Gasteiger partial charge in [-0.2, -0.15) is 0 Å². The molecule has 1 heterocycles. The molecule has 2 rings (SSSR count). The van der Waals surface area contributed by atoms with Crippen LogP contribution in [0.2, 0.25) is 0 Å². The fourth-order valence-electron chi connectivity index (χ4n) is 2.29. The molecule has 8 heteroatoms. The van der Waals surface area contributed by atoms with Gasteiger partial charge in [0.25, 0.3) is 0 Å². The van der Waals surface area contributed by atoms with Gasteiger partial charge in [0.2, 0.25) is 20.0 Å². The van der Waals surface area contributed by atoms with Crippen molar-refractivity contribution in [2.45, 2.75) is 37.9 Å². The Morgan fingerprint density at radius 1 is 1.05 bits per heavy atom. The van der Waals surface area contributed by atoms with Crippen molar-refractivity contribution in [1.82, 2.24) is 9.03 Å². The molecule has 0 unspecified atom stereocenters. The second kappa shape index (κ2) is 5.67. The topological polar surface area (TPSA) is 83.6 Å². The molecule has 0 aromatic carbocycles. The standard InChI is InChI=1S/C11H22N2O4S2/c1-2-18(14,15)12-9-10-5-7-13(8-6-10)19(16,17)11-3-4-11/h10-12H,2-9H2,1H3. The van der Waals surface area contributed by atoms with E-state index in [0.29, 0.717) is 19.6 Å². The van der Waals surface area contributed by atoms with Gasteiger partial charge < -0.3 is 0 Å². The molecule has 2 fully saturated rings. The van der Waals surface area contributed by atoms with E-state index in [1.165, 1.54) is 0 Å². The highest BCUT2D eigenvalue weighted by molar-refractivity contribution is 7.90. The van der Waals surface area contributed by atoms with Crippen molar-refractivity contribution in [3.8, 4) is 0 Å². The minimum atomic E-state index is -3.15. The van der Waals surface area contributed by atoms with Crippen LogP contribution in [0.3, 0.4) is 0 Å². The number of sulfonamides is 2. The van der Waals surface area contributed by atoms with Gasteiger partial charge in [-0.3, -0.25) is 0 Å². The Labute approximate surface area is 115 Å². The normalized spacial score (nSPS) is 23.6. The average molecular weight is 310 g/mol. The highest BCUT2D eigenvalue weighted by atomic mass is 32.2. The van der Waals surface area contributed by atoms with Gasteiger partial charge in [-0.25, -0.2) is 25.9 Å². The molecule has 0 bridgehead atoms. The van der Waals surface area contributed by atoms with Crippen molar-refractivity contribution >= 4 is 20.0 Å². The molecule has 1 N–H and O–H groups in total. The Kier molecular flexibility index (Phi) is 4.54. The third kappa shape index (κ3) is 3.90. The summed E-state index contributed by atoms with van der Waals surface area (Å²) in [5.41, 5.74) is 0. The van der Waals surface area contributed by atoms with Crippen LogP contribution in [-0.4, -0.2) is 51.8 Å². The number of rotatable bonds is 6. The molecule has 0 amide bonds. The number of piperidine rings is 1. The monoisotopic (exact) mass is 310 g/mol. The van der Waals surface area contributed by atoms with Crippen LogP contribution >= 0.6 is 0 Å². The summed E-state index contributed by atoms with van der Waals surface area (Å²) in [6.45, 7) is 3.08. The number of nitrogens with one attached hydrogen (secondary N) is 1. The summed E-state index contributed by atoms with van der Waals surface area (Å²) in [4.78, 5) is 0. The smallest absolute Gasteiger partial charge is 0.215 e. The first-order valence-electron chi connectivity index (χ1n) is 6.81. The first-order valence-corrected chi connectivity index (χ1v) is 9.97. The molecule has 0 radical (unpaired) electrons. The predicted octanol–water partition coefficient (Wildman–Crippen LogP) is 0.130. The van der Waals surface area contributed by atoms with Gasteiger partial charge >= 0.3 is 0 Å². The van der Waals surface area contributed by atoms with Gasteiger partial charge in [0.15, 0.2) is 0 Å². The Hall–Kier alpha value is -0.180. The summed E-state index contributed by atoms with van der Waals surface area (Å²) in [5.74, 6) is 0.328. The summed E-state index contributed by atoms with van der Waals surface area (Å²) >= 11 is 0. The van der Waals surface area contributed by atoms with Gasteiger partial charge in [0.1, 0.15) is 0 Å². The molecule has 2 aliphatic rings. The molecular formula is C11H22N2O4S2. The van der Waals surface area contributed by atoms with E-state index in [1.807, 2.05) is 0 Å². The van der Waals surface area contributed by atoms with Crippen LogP contribution in [-0.2, 0) is 20.0 Å². The average Bonchev–Trinajstić information content (AvgIpc) is 3.22. The summed E-state index contributed by atoms with van der Waals surface area (Å²) in [6.07, 6.45) is 3.05. The third-order valence-electron chi connectivity index (χ3n) is 3.85. The maximum atomic E-state index is 12.0. The van der Waals surface area contributed by atoms with Crippen molar-refractivity contribution in [2.75, 3.05) is 25.4 Å². The van der Waals surface area contributed by atoms with Gasteiger partial charge in [-0.05, 0) is 38.5 Å². The molecule has 0 aromatic heterocycles. The molecule has 1 aliphatic heterocycles. The molecule has 0 spiro atoms. The Morgan fingerprint density at radius 3 is 2.11 bits per heavy atom. The first-order chi connectivity index (χ1) is 8.85. The van der Waals surface area contributed by atoms with Crippen molar-refractivity contribution in [2.24, 2.45) is 5.92 Å². The highest BCUT2D eigenvalue weighted by Crippen LogP contribution is 2.32. The van der Waals surface area contributed by atoms with E-state index >= 15 is 0 Å². The first kappa shape index (κ1) is 15.2. The predicted molar refractivity (Wildman–Crippen MR) is 73.7 cm³/mol. The lowest BCUT2D eigenvalue weighted by molar-refractivity contribution is 0.274. The summed E-state index contributed by atoms with van der Waals surface area (Å²) in [7, 11) is -6.21. The van der Waals surface area contributed by atoms with E-state index in [-0.39, 0.29) is 16.9 Å². The van der Waals surface area contributed by atoms with Crippen LogP contribution in [0, 0.1) is 5.92 Å². The van der Waals surface area contributed by atoms with E-state index in [4.69, 9.17) is 0 Å². The molecule has 19 heavy (non-hydrogen) atoms. The van der Waals surface area contributed by atoms with Crippen LogP contribution in [0.4, 0.5) is 0 Å². The molecule has 112 valence electrons. The van der Waals surface area contributed by atoms with Crippen molar-refractivity contribution < 1.29 is 16.8 Å². The SMILES string of the molecule is CCS(=O)(=O)NCC1CCN(S(=O)(=O)C2CC2)CC1. The highest BCUT2D eigenvalue weighted by Gasteiger charge is 2.41. The van der Waals surface area contributed by atoms with Crippen molar-refractivity contribution in [3.05, 3.63) is 0 Å². The number of hydrogen-bond donors (Lipinski definition) is 1. The van der Waals surface area contributed by atoms with E-state index in [0.717, 1.165) is 25.7 Å². The summed E-state index contributed by atoms with van der Waals surface area (Å²) in [5, 5.41) is -0.150. The van der Waals surface area contributed by atoms with E-state index in [2.05, 4.69) is 4.72 Å². The third-order valence-corrected chi connectivity index (χ3v) is 7.62. The van der Waals surface area contributed by atoms with Crippen LogP contribution in [0.5, 0.6) is 0 Å². The summed E-state index contributed by atoms with van der Waals surface area (Å²) in [6, 6.07) is 0. The zero-order chi connectivity index (χ0) is 14.1. The van der Waals surface area contributed by atoms with Gasteiger partial charge in [0, 0.05) is 19.6 Å². The second-order valence-corrected chi connectivity index (χ2v) is 9.65. The van der Waals surface area contributed by atoms with Gasteiger partial charge in [-0.15, -0.1) is 0 Å². The summed E-state index contributed by atoms with van der Waals surface area (Å²) < 4.78 is 50.9. The van der Waals surface area contributed by atoms with E-state index < -0.39 is 20.0 Å². The number of nitrogens with zero attached hydrogens (tertiary/aromatic N) is 1. The minimum Gasteiger partial charge on any atom is -0.215 e. The molecule has 1 aliphatic carbocycles. The van der Waals surface area contributed by atoms with Gasteiger partial charge in [-0.1, -0.05) is 0 Å². The van der Waals surface area contributed by atoms with Crippen molar-refractivity contribution in [1.29, 1.82) is 0 Å². The van der Waals surface area contributed by atoms with Gasteiger partial charge in [0.05, 0.1) is 11.0 Å². The zero-order valence-electron chi connectivity index (χ0n) is 11.2. The Bertz CT molecular complexity index is 503. The molecule has 1 saturated heterocycles. The Morgan fingerprint density at radius 2 is 1.63 bits per heavy atom. The molecular weight excluding hydrogens is 288 g/mol. The number of hydrogen-bond acceptors (Lipinski definition) is 4. The van der Waals surface area contributed by atoms with Crippen LogP contribution < -0.4 is 4.72 Å². The van der Waals surface area contributed by atoms with Crippen LogP contribution in [0.1, 0.15) is 32.6 Å². The fraction of sp³-hybridized carbons (Fsp3) is 1.00. The molecule has 0 atom stereocenters. The Balaban J connectivity index is 1.80. The van der Waals surface area contributed by atoms with E-state index in [9.17, 15) is 16.8 Å². The lowest BCUT2D eigenvalue weighted by Gasteiger charge is -2.31.